The van der Waals surface area contributed by atoms with Gasteiger partial charge in [0.25, 0.3) is 0 Å². The zero-order chi connectivity index (χ0) is 18.9. The molecule has 1 aliphatic heterocycles. The van der Waals surface area contributed by atoms with Crippen LogP contribution < -0.4 is 9.47 Å². The van der Waals surface area contributed by atoms with Gasteiger partial charge in [-0.1, -0.05) is 0 Å². The highest BCUT2D eigenvalue weighted by Gasteiger charge is 2.33. The standard InChI is InChI=1S/C18H25N3O4S/c1-13-12-19-14(2)21(13)15-7-9-20(10-8-15)26(22,23)18-11-16(24-3)5-6-17(18)25-4/h5-6,11-12,15H,7-10H2,1-4H3. The van der Waals surface area contributed by atoms with Gasteiger partial charge in [-0.05, 0) is 38.8 Å². The Hall–Kier alpha value is -2.06. The molecule has 142 valence electrons. The highest BCUT2D eigenvalue weighted by molar-refractivity contribution is 7.89. The molecule has 8 heteroatoms. The van der Waals surface area contributed by atoms with Crippen LogP contribution in [0.2, 0.25) is 0 Å². The summed E-state index contributed by atoms with van der Waals surface area (Å²) >= 11 is 0. The number of methoxy groups -OCH3 is 2. The van der Waals surface area contributed by atoms with Crippen molar-refractivity contribution < 1.29 is 17.9 Å². The van der Waals surface area contributed by atoms with E-state index in [4.69, 9.17) is 9.47 Å². The van der Waals surface area contributed by atoms with Crippen molar-refractivity contribution in [1.82, 2.24) is 13.9 Å². The highest BCUT2D eigenvalue weighted by Crippen LogP contribution is 2.34. The van der Waals surface area contributed by atoms with Gasteiger partial charge in [0, 0.05) is 37.1 Å². The Morgan fingerprint density at radius 2 is 1.81 bits per heavy atom. The summed E-state index contributed by atoms with van der Waals surface area (Å²) in [5, 5.41) is 0. The second-order valence-electron chi connectivity index (χ2n) is 6.47. The molecule has 2 heterocycles. The molecule has 0 radical (unpaired) electrons. The van der Waals surface area contributed by atoms with Crippen LogP contribution >= 0.6 is 0 Å². The number of piperidine rings is 1. The second kappa shape index (κ2) is 7.28. The molecule has 0 saturated carbocycles. The Balaban J connectivity index is 1.83. The van der Waals surface area contributed by atoms with Gasteiger partial charge in [-0.15, -0.1) is 0 Å². The van der Waals surface area contributed by atoms with Crippen LogP contribution in [0, 0.1) is 13.8 Å². The minimum atomic E-state index is -3.65. The molecule has 0 amide bonds. The minimum Gasteiger partial charge on any atom is -0.497 e. The summed E-state index contributed by atoms with van der Waals surface area (Å²) in [6.45, 7) is 4.94. The van der Waals surface area contributed by atoms with Gasteiger partial charge < -0.3 is 14.0 Å². The lowest BCUT2D eigenvalue weighted by molar-refractivity contribution is 0.268. The smallest absolute Gasteiger partial charge is 0.246 e. The Morgan fingerprint density at radius 1 is 1.12 bits per heavy atom. The summed E-state index contributed by atoms with van der Waals surface area (Å²) in [6.07, 6.45) is 3.37. The molecule has 1 aromatic carbocycles. The SMILES string of the molecule is COc1ccc(OC)c(S(=O)(=O)N2CCC(n3c(C)cnc3C)CC2)c1. The number of nitrogens with zero attached hydrogens (tertiary/aromatic N) is 3. The van der Waals surface area contributed by atoms with Crippen molar-refractivity contribution in [1.29, 1.82) is 0 Å². The van der Waals surface area contributed by atoms with E-state index in [9.17, 15) is 8.42 Å². The quantitative estimate of drug-likeness (QED) is 0.798. The summed E-state index contributed by atoms with van der Waals surface area (Å²) < 4.78 is 40.4. The molecule has 26 heavy (non-hydrogen) atoms. The van der Waals surface area contributed by atoms with E-state index in [2.05, 4.69) is 9.55 Å². The number of imidazole rings is 1. The average Bonchev–Trinajstić information content (AvgIpc) is 2.99. The molecule has 3 rings (SSSR count). The normalized spacial score (nSPS) is 16.6. The number of aromatic nitrogens is 2. The number of benzene rings is 1. The van der Waals surface area contributed by atoms with E-state index >= 15 is 0 Å². The molecule has 7 nitrogen and oxygen atoms in total. The van der Waals surface area contributed by atoms with Crippen LogP contribution in [-0.2, 0) is 10.0 Å². The van der Waals surface area contributed by atoms with Gasteiger partial charge in [-0.2, -0.15) is 4.31 Å². The van der Waals surface area contributed by atoms with Crippen LogP contribution in [0.5, 0.6) is 11.5 Å². The molecule has 0 spiro atoms. The molecule has 0 aliphatic carbocycles. The zero-order valence-corrected chi connectivity index (χ0v) is 16.4. The van der Waals surface area contributed by atoms with Crippen molar-refractivity contribution in [3.8, 4) is 11.5 Å². The molecule has 1 fully saturated rings. The lowest BCUT2D eigenvalue weighted by atomic mass is 10.1. The van der Waals surface area contributed by atoms with Crippen LogP contribution in [0.25, 0.3) is 0 Å². The van der Waals surface area contributed by atoms with Crippen LogP contribution in [0.15, 0.2) is 29.3 Å². The van der Waals surface area contributed by atoms with Crippen molar-refractivity contribution in [3.63, 3.8) is 0 Å². The number of aryl methyl sites for hydroxylation is 2. The molecule has 0 unspecified atom stereocenters. The van der Waals surface area contributed by atoms with Gasteiger partial charge >= 0.3 is 0 Å². The second-order valence-corrected chi connectivity index (χ2v) is 8.38. The monoisotopic (exact) mass is 379 g/mol. The van der Waals surface area contributed by atoms with Gasteiger partial charge in [0.2, 0.25) is 10.0 Å². The summed E-state index contributed by atoms with van der Waals surface area (Å²) in [6, 6.07) is 5.10. The van der Waals surface area contributed by atoms with Crippen LogP contribution in [-0.4, -0.2) is 49.6 Å². The van der Waals surface area contributed by atoms with Crippen molar-refractivity contribution in [2.45, 2.75) is 37.6 Å². The van der Waals surface area contributed by atoms with Crippen LogP contribution in [0.4, 0.5) is 0 Å². The zero-order valence-electron chi connectivity index (χ0n) is 15.6. The van der Waals surface area contributed by atoms with Crippen LogP contribution in [0.3, 0.4) is 0 Å². The van der Waals surface area contributed by atoms with Crippen molar-refractivity contribution in [3.05, 3.63) is 35.9 Å². The third kappa shape index (κ3) is 3.31. The first-order chi connectivity index (χ1) is 12.4. The largest absolute Gasteiger partial charge is 0.497 e. The fraction of sp³-hybridized carbons (Fsp3) is 0.500. The summed E-state index contributed by atoms with van der Waals surface area (Å²) in [5.74, 6) is 1.79. The van der Waals surface area contributed by atoms with Gasteiger partial charge in [0.15, 0.2) is 0 Å². The maximum Gasteiger partial charge on any atom is 0.246 e. The summed E-state index contributed by atoms with van der Waals surface area (Å²) in [5.41, 5.74) is 1.11. The average molecular weight is 379 g/mol. The topological polar surface area (TPSA) is 73.7 Å². The molecule has 2 aromatic rings. The number of sulfonamides is 1. The van der Waals surface area contributed by atoms with E-state index in [0.29, 0.717) is 24.6 Å². The van der Waals surface area contributed by atoms with E-state index < -0.39 is 10.0 Å². The first-order valence-corrected chi connectivity index (χ1v) is 10.0. The maximum atomic E-state index is 13.1. The van der Waals surface area contributed by atoms with Crippen molar-refractivity contribution in [2.24, 2.45) is 0 Å². The number of hydrogen-bond donors (Lipinski definition) is 0. The molecular weight excluding hydrogens is 354 g/mol. The van der Waals surface area contributed by atoms with E-state index in [1.165, 1.54) is 24.6 Å². The lowest BCUT2D eigenvalue weighted by Gasteiger charge is -2.33. The maximum absolute atomic E-state index is 13.1. The Kier molecular flexibility index (Phi) is 5.24. The van der Waals surface area contributed by atoms with E-state index in [1.54, 1.807) is 12.1 Å². The van der Waals surface area contributed by atoms with Gasteiger partial charge in [0.1, 0.15) is 22.2 Å². The molecule has 0 bridgehead atoms. The molecule has 1 aromatic heterocycles. The van der Waals surface area contributed by atoms with Gasteiger partial charge in [-0.25, -0.2) is 13.4 Å². The molecule has 1 saturated heterocycles. The van der Waals surface area contributed by atoms with Gasteiger partial charge in [-0.3, -0.25) is 0 Å². The number of rotatable bonds is 5. The van der Waals surface area contributed by atoms with Crippen molar-refractivity contribution in [2.75, 3.05) is 27.3 Å². The van der Waals surface area contributed by atoms with Gasteiger partial charge in [0.05, 0.1) is 14.2 Å². The van der Waals surface area contributed by atoms with E-state index in [0.717, 1.165) is 24.4 Å². The third-order valence-corrected chi connectivity index (χ3v) is 6.86. The predicted octanol–water partition coefficient (Wildman–Crippen LogP) is 2.54. The predicted molar refractivity (Wildman–Crippen MR) is 98.3 cm³/mol. The first-order valence-electron chi connectivity index (χ1n) is 8.61. The minimum absolute atomic E-state index is 0.146. The lowest BCUT2D eigenvalue weighted by Crippen LogP contribution is -2.39. The molecule has 0 atom stereocenters. The third-order valence-electron chi connectivity index (χ3n) is 4.94. The Labute approximate surface area is 154 Å². The van der Waals surface area contributed by atoms with E-state index in [1.807, 2.05) is 20.0 Å². The Morgan fingerprint density at radius 3 is 2.35 bits per heavy atom. The number of hydrogen-bond acceptors (Lipinski definition) is 5. The van der Waals surface area contributed by atoms with E-state index in [-0.39, 0.29) is 10.9 Å². The summed E-state index contributed by atoms with van der Waals surface area (Å²) in [4.78, 5) is 4.50. The fourth-order valence-corrected chi connectivity index (χ4v) is 5.22. The highest BCUT2D eigenvalue weighted by atomic mass is 32.2. The number of ether oxygens (including phenoxy) is 2. The van der Waals surface area contributed by atoms with Crippen molar-refractivity contribution >= 4 is 10.0 Å². The fourth-order valence-electron chi connectivity index (χ4n) is 3.58. The molecule has 0 N–H and O–H groups in total. The molecule has 1 aliphatic rings. The molecular formula is C18H25N3O4S. The Bertz CT molecular complexity index is 864. The first kappa shape index (κ1) is 18.7. The van der Waals surface area contributed by atoms with Crippen LogP contribution in [0.1, 0.15) is 30.4 Å². The summed E-state index contributed by atoms with van der Waals surface area (Å²) in [7, 11) is -0.663.